The van der Waals surface area contributed by atoms with Gasteiger partial charge in [-0.1, -0.05) is 19.9 Å². The van der Waals surface area contributed by atoms with Crippen LogP contribution >= 0.6 is 38.6 Å². The van der Waals surface area contributed by atoms with E-state index in [2.05, 4.69) is 65.6 Å². The van der Waals surface area contributed by atoms with E-state index in [0.717, 1.165) is 6.54 Å². The van der Waals surface area contributed by atoms with Gasteiger partial charge in [0.05, 0.1) is 0 Å². The highest BCUT2D eigenvalue weighted by Crippen LogP contribution is 2.29. The van der Waals surface area contributed by atoms with Crippen LogP contribution in [0.1, 0.15) is 34.5 Å². The van der Waals surface area contributed by atoms with E-state index >= 15 is 0 Å². The maximum atomic E-state index is 3.68. The van der Waals surface area contributed by atoms with E-state index in [-0.39, 0.29) is 0 Å². The van der Waals surface area contributed by atoms with Crippen LogP contribution in [0.3, 0.4) is 0 Å². The van der Waals surface area contributed by atoms with Gasteiger partial charge < -0.3 is 5.32 Å². The lowest BCUT2D eigenvalue weighted by molar-refractivity contribution is 0.418. The van der Waals surface area contributed by atoms with E-state index in [9.17, 15) is 0 Å². The van der Waals surface area contributed by atoms with Gasteiger partial charge >= 0.3 is 0 Å². The summed E-state index contributed by atoms with van der Waals surface area (Å²) < 4.78 is 1.22. The van der Waals surface area contributed by atoms with Crippen LogP contribution in [0, 0.1) is 12.8 Å². The Morgan fingerprint density at radius 1 is 1.39 bits per heavy atom. The molecule has 0 spiro atoms. The molecule has 0 aliphatic rings. The Balaban J connectivity index is 2.02. The number of aryl methyl sites for hydroxylation is 1. The Labute approximate surface area is 125 Å². The van der Waals surface area contributed by atoms with E-state index < -0.39 is 0 Å². The topological polar surface area (TPSA) is 12.0 Å². The summed E-state index contributed by atoms with van der Waals surface area (Å²) in [4.78, 5) is 4.17. The minimum Gasteiger partial charge on any atom is -0.304 e. The third kappa shape index (κ3) is 3.44. The van der Waals surface area contributed by atoms with Gasteiger partial charge in [0, 0.05) is 31.7 Å². The van der Waals surface area contributed by atoms with Crippen LogP contribution < -0.4 is 5.32 Å². The summed E-state index contributed by atoms with van der Waals surface area (Å²) in [6, 6.07) is 7.02. The van der Waals surface area contributed by atoms with Gasteiger partial charge in [-0.2, -0.15) is 0 Å². The van der Waals surface area contributed by atoms with Crippen molar-refractivity contribution in [2.75, 3.05) is 0 Å². The summed E-state index contributed by atoms with van der Waals surface area (Å²) in [5, 5.41) is 5.83. The molecular formula is C14H18BrNS2. The first-order valence-electron chi connectivity index (χ1n) is 6.09. The Bertz CT molecular complexity index is 468. The maximum Gasteiger partial charge on any atom is 0.0440 e. The van der Waals surface area contributed by atoms with Gasteiger partial charge in [0.2, 0.25) is 0 Å². The number of rotatable bonds is 5. The third-order valence-corrected chi connectivity index (χ3v) is 6.01. The molecule has 1 N–H and O–H groups in total. The predicted molar refractivity (Wildman–Crippen MR) is 85.5 cm³/mol. The zero-order chi connectivity index (χ0) is 13.1. The SMILES string of the molecule is Cc1sc(CNC(c2cccs2)C(C)C)cc1Br. The Morgan fingerprint density at radius 2 is 2.17 bits per heavy atom. The summed E-state index contributed by atoms with van der Waals surface area (Å²) in [5.74, 6) is 0.605. The van der Waals surface area contributed by atoms with Crippen LogP contribution in [-0.2, 0) is 6.54 Å². The molecule has 2 aromatic heterocycles. The maximum absolute atomic E-state index is 3.68. The second kappa shape index (κ2) is 6.33. The Hall–Kier alpha value is -0.160. The van der Waals surface area contributed by atoms with Crippen molar-refractivity contribution >= 4 is 38.6 Å². The monoisotopic (exact) mass is 343 g/mol. The largest absolute Gasteiger partial charge is 0.304 e. The highest BCUT2D eigenvalue weighted by Gasteiger charge is 2.16. The molecule has 0 aliphatic heterocycles. The molecule has 0 radical (unpaired) electrons. The van der Waals surface area contributed by atoms with Gasteiger partial charge in [0.25, 0.3) is 0 Å². The zero-order valence-corrected chi connectivity index (χ0v) is 14.1. The standard InChI is InChI=1S/C14H18BrNS2/c1-9(2)14(13-5-4-6-17-13)16-8-11-7-12(15)10(3)18-11/h4-7,9,14,16H,8H2,1-3H3. The smallest absolute Gasteiger partial charge is 0.0440 e. The van der Waals surface area contributed by atoms with E-state index in [0.29, 0.717) is 12.0 Å². The van der Waals surface area contributed by atoms with Gasteiger partial charge in [-0.3, -0.25) is 0 Å². The summed E-state index contributed by atoms with van der Waals surface area (Å²) in [7, 11) is 0. The van der Waals surface area contributed by atoms with Crippen LogP contribution in [-0.4, -0.2) is 0 Å². The lowest BCUT2D eigenvalue weighted by Crippen LogP contribution is -2.24. The van der Waals surface area contributed by atoms with E-state index in [4.69, 9.17) is 0 Å². The van der Waals surface area contributed by atoms with Crippen LogP contribution in [0.25, 0.3) is 0 Å². The highest BCUT2D eigenvalue weighted by atomic mass is 79.9. The molecule has 0 bridgehead atoms. The van der Waals surface area contributed by atoms with Crippen molar-refractivity contribution in [1.29, 1.82) is 0 Å². The first-order chi connectivity index (χ1) is 8.58. The van der Waals surface area contributed by atoms with Gasteiger partial charge in [-0.25, -0.2) is 0 Å². The van der Waals surface area contributed by atoms with Crippen molar-refractivity contribution in [3.63, 3.8) is 0 Å². The first kappa shape index (κ1) is 14.3. The molecule has 1 atom stereocenters. The van der Waals surface area contributed by atoms with Crippen molar-refractivity contribution in [2.45, 2.75) is 33.4 Å². The first-order valence-corrected chi connectivity index (χ1v) is 8.58. The number of halogens is 1. The predicted octanol–water partition coefficient (Wildman–Crippen LogP) is 5.37. The molecule has 18 heavy (non-hydrogen) atoms. The number of thiophene rings is 2. The molecule has 2 rings (SSSR count). The lowest BCUT2D eigenvalue weighted by atomic mass is 10.0. The Kier molecular flexibility index (Phi) is 5.01. The van der Waals surface area contributed by atoms with Gasteiger partial charge in [-0.15, -0.1) is 22.7 Å². The van der Waals surface area contributed by atoms with Gasteiger partial charge in [-0.05, 0) is 46.3 Å². The molecular weight excluding hydrogens is 326 g/mol. The van der Waals surface area contributed by atoms with Crippen LogP contribution in [0.4, 0.5) is 0 Å². The van der Waals surface area contributed by atoms with Gasteiger partial charge in [0.1, 0.15) is 0 Å². The number of hydrogen-bond donors (Lipinski definition) is 1. The quantitative estimate of drug-likeness (QED) is 0.769. The van der Waals surface area contributed by atoms with E-state index in [1.807, 2.05) is 22.7 Å². The van der Waals surface area contributed by atoms with E-state index in [1.54, 1.807) is 0 Å². The fourth-order valence-corrected chi connectivity index (χ4v) is 4.47. The molecule has 0 fully saturated rings. The summed E-state index contributed by atoms with van der Waals surface area (Å²) in [6.45, 7) is 7.63. The molecule has 0 aromatic carbocycles. The average molecular weight is 344 g/mol. The minimum atomic E-state index is 0.450. The molecule has 0 saturated carbocycles. The van der Waals surface area contributed by atoms with Crippen LogP contribution in [0.2, 0.25) is 0 Å². The number of nitrogens with one attached hydrogen (secondary N) is 1. The third-order valence-electron chi connectivity index (χ3n) is 2.92. The fourth-order valence-electron chi connectivity index (χ4n) is 1.95. The second-order valence-corrected chi connectivity index (χ2v) is 7.91. The molecule has 0 amide bonds. The molecule has 0 saturated heterocycles. The molecule has 4 heteroatoms. The summed E-state index contributed by atoms with van der Waals surface area (Å²) in [5.41, 5.74) is 0. The molecule has 0 aliphatic carbocycles. The zero-order valence-electron chi connectivity index (χ0n) is 10.9. The summed E-state index contributed by atoms with van der Waals surface area (Å²) >= 11 is 7.27. The fraction of sp³-hybridized carbons (Fsp3) is 0.429. The minimum absolute atomic E-state index is 0.450. The number of hydrogen-bond acceptors (Lipinski definition) is 3. The second-order valence-electron chi connectivity index (χ2n) is 4.73. The van der Waals surface area contributed by atoms with Crippen molar-refractivity contribution in [3.05, 3.63) is 42.7 Å². The highest BCUT2D eigenvalue weighted by molar-refractivity contribution is 9.10. The molecule has 2 aromatic rings. The average Bonchev–Trinajstić information content (AvgIpc) is 2.90. The van der Waals surface area contributed by atoms with Crippen LogP contribution in [0.5, 0.6) is 0 Å². The van der Waals surface area contributed by atoms with Gasteiger partial charge in [0.15, 0.2) is 0 Å². The molecule has 1 nitrogen and oxygen atoms in total. The molecule has 1 unspecified atom stereocenters. The van der Waals surface area contributed by atoms with Crippen molar-refractivity contribution in [2.24, 2.45) is 5.92 Å². The molecule has 98 valence electrons. The Morgan fingerprint density at radius 3 is 2.67 bits per heavy atom. The van der Waals surface area contributed by atoms with Crippen molar-refractivity contribution in [1.82, 2.24) is 5.32 Å². The van der Waals surface area contributed by atoms with Crippen molar-refractivity contribution < 1.29 is 0 Å². The van der Waals surface area contributed by atoms with Crippen molar-refractivity contribution in [3.8, 4) is 0 Å². The van der Waals surface area contributed by atoms with Crippen LogP contribution in [0.15, 0.2) is 28.1 Å². The molecule has 2 heterocycles. The van der Waals surface area contributed by atoms with E-state index in [1.165, 1.54) is 19.1 Å². The lowest BCUT2D eigenvalue weighted by Gasteiger charge is -2.20. The normalized spacial score (nSPS) is 13.2. The summed E-state index contributed by atoms with van der Waals surface area (Å²) in [6.07, 6.45) is 0.